The number of para-hydroxylation sites is 1. The molecule has 0 aliphatic rings. The first-order chi connectivity index (χ1) is 15.9. The Hall–Kier alpha value is -3.43. The van der Waals surface area contributed by atoms with E-state index in [2.05, 4.69) is 0 Å². The molecule has 0 N–H and O–H groups in total. The molecule has 162 valence electrons. The van der Waals surface area contributed by atoms with Gasteiger partial charge < -0.3 is 0 Å². The van der Waals surface area contributed by atoms with E-state index in [0.717, 1.165) is 16.9 Å². The van der Waals surface area contributed by atoms with Gasteiger partial charge in [0.05, 0.1) is 20.3 Å². The summed E-state index contributed by atoms with van der Waals surface area (Å²) >= 11 is 13.2. The summed E-state index contributed by atoms with van der Waals surface area (Å²) in [5, 5.41) is 10.7. The normalized spacial score (nSPS) is 12.4. The second-order valence-corrected chi connectivity index (χ2v) is 9.04. The molecule has 4 rings (SSSR count). The molecular weight excluding hydrogens is 475 g/mol. The number of benzene rings is 3. The van der Waals surface area contributed by atoms with Gasteiger partial charge in [-0.1, -0.05) is 77.8 Å². The van der Waals surface area contributed by atoms with Crippen molar-refractivity contribution in [2.45, 2.75) is 6.92 Å². The maximum absolute atomic E-state index is 13.5. The van der Waals surface area contributed by atoms with Crippen molar-refractivity contribution in [3.8, 4) is 11.8 Å². The second kappa shape index (κ2) is 9.60. The van der Waals surface area contributed by atoms with Crippen LogP contribution in [0.5, 0.6) is 0 Å². The van der Waals surface area contributed by atoms with Crippen molar-refractivity contribution < 1.29 is 4.79 Å². The number of carbonyl (C=O) groups is 1. The molecule has 0 saturated heterocycles. The third-order valence-corrected chi connectivity index (χ3v) is 6.84. The fourth-order valence-electron chi connectivity index (χ4n) is 3.37. The third kappa shape index (κ3) is 4.55. The number of hydrogen-bond acceptors (Lipinski definition) is 4. The molecule has 0 aliphatic heterocycles. The highest BCUT2D eigenvalue weighted by atomic mass is 35.5. The lowest BCUT2D eigenvalue weighted by molar-refractivity contribution is 0.105. The summed E-state index contributed by atoms with van der Waals surface area (Å²) in [6.07, 6.45) is 1.68. The highest BCUT2D eigenvalue weighted by molar-refractivity contribution is 7.07. The zero-order chi connectivity index (χ0) is 23.5. The van der Waals surface area contributed by atoms with Gasteiger partial charge in [-0.05, 0) is 42.3 Å². The lowest BCUT2D eigenvalue weighted by Gasteiger charge is -2.07. The van der Waals surface area contributed by atoms with Crippen LogP contribution in [-0.4, -0.2) is 10.4 Å². The Kier molecular flexibility index (Phi) is 6.62. The summed E-state index contributed by atoms with van der Waals surface area (Å²) < 4.78 is 2.07. The van der Waals surface area contributed by atoms with Gasteiger partial charge in [-0.15, -0.1) is 11.3 Å². The minimum atomic E-state index is -0.442. The first-order valence-electron chi connectivity index (χ1n) is 9.89. The Bertz CT molecular complexity index is 1600. The number of aromatic nitrogens is 1. The van der Waals surface area contributed by atoms with Gasteiger partial charge in [-0.3, -0.25) is 14.2 Å². The molecule has 0 saturated carbocycles. The van der Waals surface area contributed by atoms with E-state index in [4.69, 9.17) is 23.2 Å². The van der Waals surface area contributed by atoms with E-state index in [1.165, 1.54) is 4.57 Å². The van der Waals surface area contributed by atoms with Crippen molar-refractivity contribution in [2.24, 2.45) is 0 Å². The molecule has 0 spiro atoms. The van der Waals surface area contributed by atoms with Gasteiger partial charge in [0.15, 0.2) is 0 Å². The van der Waals surface area contributed by atoms with Gasteiger partial charge in [0.25, 0.3) is 5.56 Å². The number of hydrogen-bond donors (Lipinski definition) is 0. The first kappa shape index (κ1) is 22.8. The lowest BCUT2D eigenvalue weighted by atomic mass is 10.1. The van der Waals surface area contributed by atoms with Crippen molar-refractivity contribution in [2.75, 3.05) is 0 Å². The van der Waals surface area contributed by atoms with Crippen molar-refractivity contribution >= 4 is 52.0 Å². The average molecular weight is 491 g/mol. The Morgan fingerprint density at radius 2 is 1.70 bits per heavy atom. The van der Waals surface area contributed by atoms with E-state index in [1.807, 2.05) is 31.2 Å². The number of rotatable bonds is 4. The Balaban J connectivity index is 2.08. The van der Waals surface area contributed by atoms with Crippen molar-refractivity contribution in [3.63, 3.8) is 0 Å². The zero-order valence-corrected chi connectivity index (χ0v) is 19.7. The third-order valence-electron chi connectivity index (χ3n) is 5.01. The molecule has 0 atom stereocenters. The molecule has 0 bridgehead atoms. The predicted molar refractivity (Wildman–Crippen MR) is 134 cm³/mol. The van der Waals surface area contributed by atoms with Crippen LogP contribution < -0.4 is 14.8 Å². The Morgan fingerprint density at radius 1 is 1.00 bits per heavy atom. The SMILES string of the molecule is Cc1ccccc1-n1c(=C(C#N)C(=O)c2ccccc2)sc(=Cc2ccc(Cl)c(Cl)c2)c1=O. The number of ketones is 1. The van der Waals surface area contributed by atoms with Crippen molar-refractivity contribution in [1.29, 1.82) is 5.26 Å². The molecule has 1 aromatic heterocycles. The summed E-state index contributed by atoms with van der Waals surface area (Å²) in [5.74, 6) is -0.442. The summed E-state index contributed by atoms with van der Waals surface area (Å²) in [6.45, 7) is 1.87. The Labute approximate surface area is 203 Å². The fourth-order valence-corrected chi connectivity index (χ4v) is 4.77. The molecule has 0 fully saturated rings. The second-order valence-electron chi connectivity index (χ2n) is 7.20. The van der Waals surface area contributed by atoms with Crippen LogP contribution in [0.3, 0.4) is 0 Å². The smallest absolute Gasteiger partial charge is 0.273 e. The highest BCUT2D eigenvalue weighted by Gasteiger charge is 2.19. The van der Waals surface area contributed by atoms with Crippen LogP contribution in [0.1, 0.15) is 21.5 Å². The molecule has 0 amide bonds. The largest absolute Gasteiger partial charge is 0.288 e. The quantitative estimate of drug-likeness (QED) is 0.382. The molecule has 1 heterocycles. The molecule has 0 unspecified atom stereocenters. The molecule has 4 aromatic rings. The fraction of sp³-hybridized carbons (Fsp3) is 0.0385. The van der Waals surface area contributed by atoms with E-state index >= 15 is 0 Å². The monoisotopic (exact) mass is 490 g/mol. The predicted octanol–water partition coefficient (Wildman–Crippen LogP) is 4.90. The van der Waals surface area contributed by atoms with E-state index in [1.54, 1.807) is 60.7 Å². The molecule has 4 nitrogen and oxygen atoms in total. The molecular formula is C26H16Cl2N2O2S. The van der Waals surface area contributed by atoms with Crippen molar-refractivity contribution in [1.82, 2.24) is 4.57 Å². The summed E-state index contributed by atoms with van der Waals surface area (Å²) in [7, 11) is 0. The maximum atomic E-state index is 13.5. The molecule has 3 aromatic carbocycles. The van der Waals surface area contributed by atoms with E-state index in [0.29, 0.717) is 31.4 Å². The lowest BCUT2D eigenvalue weighted by Crippen LogP contribution is -2.32. The van der Waals surface area contributed by atoms with Gasteiger partial charge in [-0.25, -0.2) is 0 Å². The summed E-state index contributed by atoms with van der Waals surface area (Å²) in [4.78, 5) is 26.7. The Morgan fingerprint density at radius 3 is 2.36 bits per heavy atom. The number of nitrogens with zero attached hydrogens (tertiary/aromatic N) is 2. The first-order valence-corrected chi connectivity index (χ1v) is 11.5. The number of Topliss-reactive ketones (excluding diaryl/α,β-unsaturated/α-hetero) is 1. The minimum absolute atomic E-state index is 0.0969. The molecule has 7 heteroatoms. The van der Waals surface area contributed by atoms with Crippen LogP contribution in [0, 0.1) is 18.3 Å². The van der Waals surface area contributed by atoms with Gasteiger partial charge in [0.1, 0.15) is 16.3 Å². The topological polar surface area (TPSA) is 62.9 Å². The summed E-state index contributed by atoms with van der Waals surface area (Å²) in [5.41, 5.74) is 2.07. The molecule has 33 heavy (non-hydrogen) atoms. The van der Waals surface area contributed by atoms with Crippen LogP contribution in [0.15, 0.2) is 77.6 Å². The highest BCUT2D eigenvalue weighted by Crippen LogP contribution is 2.22. The van der Waals surface area contributed by atoms with Gasteiger partial charge >= 0.3 is 0 Å². The number of aryl methyl sites for hydroxylation is 1. The van der Waals surface area contributed by atoms with Crippen molar-refractivity contribution in [3.05, 3.63) is 119 Å². The van der Waals surface area contributed by atoms with E-state index < -0.39 is 5.78 Å². The van der Waals surface area contributed by atoms with Gasteiger partial charge in [0.2, 0.25) is 5.78 Å². The van der Waals surface area contributed by atoms with Crippen LogP contribution in [-0.2, 0) is 0 Å². The minimum Gasteiger partial charge on any atom is -0.288 e. The zero-order valence-electron chi connectivity index (χ0n) is 17.4. The van der Waals surface area contributed by atoms with Gasteiger partial charge in [-0.2, -0.15) is 5.26 Å². The van der Waals surface area contributed by atoms with E-state index in [-0.39, 0.29) is 15.8 Å². The molecule has 0 radical (unpaired) electrons. The van der Waals surface area contributed by atoms with Crippen LogP contribution >= 0.6 is 34.5 Å². The van der Waals surface area contributed by atoms with Crippen LogP contribution in [0.25, 0.3) is 17.3 Å². The number of halogens is 2. The maximum Gasteiger partial charge on any atom is 0.273 e. The summed E-state index contributed by atoms with van der Waals surface area (Å²) in [6, 6.07) is 23.0. The average Bonchev–Trinajstić information content (AvgIpc) is 3.13. The standard InChI is InChI=1S/C26H16Cl2N2O2S/c1-16-7-5-6-10-22(16)30-25(32)23(14-17-11-12-20(27)21(28)13-17)33-26(30)19(15-29)24(31)18-8-3-2-4-9-18/h2-14H,1H3. The van der Waals surface area contributed by atoms with Crippen LogP contribution in [0.2, 0.25) is 10.0 Å². The van der Waals surface area contributed by atoms with Crippen LogP contribution in [0.4, 0.5) is 0 Å². The number of nitriles is 1. The number of thiazole rings is 1. The number of carbonyl (C=O) groups excluding carboxylic acids is 1. The molecule has 0 aliphatic carbocycles. The van der Waals surface area contributed by atoms with Gasteiger partial charge in [0, 0.05) is 5.56 Å². The van der Waals surface area contributed by atoms with E-state index in [9.17, 15) is 14.9 Å².